The normalized spacial score (nSPS) is 14.2. The zero-order valence-electron chi connectivity index (χ0n) is 18.1. The van der Waals surface area contributed by atoms with Crippen LogP contribution in [-0.4, -0.2) is 42.8 Å². The van der Waals surface area contributed by atoms with Gasteiger partial charge in [-0.25, -0.2) is 0 Å². The van der Waals surface area contributed by atoms with Crippen LogP contribution in [0.4, 0.5) is 5.82 Å². The molecule has 0 aliphatic carbocycles. The second-order valence-corrected chi connectivity index (χ2v) is 8.37. The lowest BCUT2D eigenvalue weighted by Crippen LogP contribution is -2.41. The standard InChI is InChI=1S/C25H27ClN4O2/c1-32-22-8-2-18(3-9-22)12-15-27-25(31)20-13-16-30(17-14-20)24-11-10-23(28-29-24)19-4-6-21(26)7-5-19/h2-11,20H,12-17H2,1H3,(H,27,31). The molecule has 0 radical (unpaired) electrons. The van der Waals surface area contributed by atoms with Crippen LogP contribution >= 0.6 is 11.6 Å². The van der Waals surface area contributed by atoms with Crippen LogP contribution in [0.15, 0.2) is 60.7 Å². The van der Waals surface area contributed by atoms with Crippen LogP contribution in [0.5, 0.6) is 5.75 Å². The quantitative estimate of drug-likeness (QED) is 0.578. The summed E-state index contributed by atoms with van der Waals surface area (Å²) in [5.74, 6) is 1.88. The molecule has 1 N–H and O–H groups in total. The zero-order chi connectivity index (χ0) is 22.3. The highest BCUT2D eigenvalue weighted by atomic mass is 35.5. The van der Waals surface area contributed by atoms with Crippen molar-refractivity contribution in [3.05, 3.63) is 71.2 Å². The third-order valence-corrected chi connectivity index (χ3v) is 6.10. The van der Waals surface area contributed by atoms with Gasteiger partial charge in [-0.05, 0) is 61.2 Å². The van der Waals surface area contributed by atoms with Crippen LogP contribution in [-0.2, 0) is 11.2 Å². The number of ether oxygens (including phenoxy) is 1. The van der Waals surface area contributed by atoms with E-state index in [1.54, 1.807) is 7.11 Å². The molecule has 1 saturated heterocycles. The average molecular weight is 451 g/mol. The van der Waals surface area contributed by atoms with Crippen molar-refractivity contribution in [2.24, 2.45) is 5.92 Å². The molecule has 0 saturated carbocycles. The Labute approximate surface area is 193 Å². The molecule has 2 heterocycles. The second-order valence-electron chi connectivity index (χ2n) is 7.93. The molecule has 1 aliphatic heterocycles. The summed E-state index contributed by atoms with van der Waals surface area (Å²) in [5.41, 5.74) is 2.98. The van der Waals surface area contributed by atoms with Gasteiger partial charge in [0.2, 0.25) is 5.91 Å². The number of nitrogens with zero attached hydrogens (tertiary/aromatic N) is 3. The summed E-state index contributed by atoms with van der Waals surface area (Å²) in [6.07, 6.45) is 2.44. The summed E-state index contributed by atoms with van der Waals surface area (Å²) in [6.45, 7) is 2.24. The zero-order valence-corrected chi connectivity index (χ0v) is 18.9. The van der Waals surface area contributed by atoms with Crippen molar-refractivity contribution < 1.29 is 9.53 Å². The number of piperidine rings is 1. The van der Waals surface area contributed by atoms with Crippen LogP contribution in [0, 0.1) is 5.92 Å². The van der Waals surface area contributed by atoms with Crippen molar-refractivity contribution in [2.45, 2.75) is 19.3 Å². The Morgan fingerprint density at radius 3 is 2.38 bits per heavy atom. The lowest BCUT2D eigenvalue weighted by Gasteiger charge is -2.31. The predicted molar refractivity (Wildman–Crippen MR) is 127 cm³/mol. The monoisotopic (exact) mass is 450 g/mol. The Kier molecular flexibility index (Phi) is 7.22. The number of hydrogen-bond donors (Lipinski definition) is 1. The number of benzene rings is 2. The minimum atomic E-state index is 0.0448. The maximum Gasteiger partial charge on any atom is 0.223 e. The van der Waals surface area contributed by atoms with E-state index in [9.17, 15) is 4.79 Å². The molecule has 166 valence electrons. The number of carbonyl (C=O) groups is 1. The number of amides is 1. The van der Waals surface area contributed by atoms with Crippen molar-refractivity contribution in [3.63, 3.8) is 0 Å². The Morgan fingerprint density at radius 1 is 1.03 bits per heavy atom. The van der Waals surface area contributed by atoms with E-state index < -0.39 is 0 Å². The van der Waals surface area contributed by atoms with E-state index in [0.29, 0.717) is 11.6 Å². The van der Waals surface area contributed by atoms with E-state index >= 15 is 0 Å². The topological polar surface area (TPSA) is 67.3 Å². The van der Waals surface area contributed by atoms with Gasteiger partial charge in [-0.1, -0.05) is 35.9 Å². The number of anilines is 1. The minimum absolute atomic E-state index is 0.0448. The fourth-order valence-electron chi connectivity index (χ4n) is 3.91. The Morgan fingerprint density at radius 2 is 1.75 bits per heavy atom. The highest BCUT2D eigenvalue weighted by Gasteiger charge is 2.25. The fourth-order valence-corrected chi connectivity index (χ4v) is 4.03. The number of carbonyl (C=O) groups excluding carboxylic acids is 1. The third-order valence-electron chi connectivity index (χ3n) is 5.85. The Balaban J connectivity index is 1.23. The molecule has 1 amide bonds. The summed E-state index contributed by atoms with van der Waals surface area (Å²) >= 11 is 5.95. The summed E-state index contributed by atoms with van der Waals surface area (Å²) in [4.78, 5) is 14.8. The molecule has 32 heavy (non-hydrogen) atoms. The van der Waals surface area contributed by atoms with Crippen molar-refractivity contribution in [1.82, 2.24) is 15.5 Å². The van der Waals surface area contributed by atoms with Crippen LogP contribution in [0.1, 0.15) is 18.4 Å². The summed E-state index contributed by atoms with van der Waals surface area (Å²) in [6, 6.07) is 19.5. The average Bonchev–Trinajstić information content (AvgIpc) is 2.85. The Hall–Kier alpha value is -3.12. The van der Waals surface area contributed by atoms with Crippen LogP contribution in [0.2, 0.25) is 5.02 Å². The van der Waals surface area contributed by atoms with Gasteiger partial charge in [-0.15, -0.1) is 10.2 Å². The molecule has 6 nitrogen and oxygen atoms in total. The van der Waals surface area contributed by atoms with Gasteiger partial charge in [0.05, 0.1) is 12.8 Å². The van der Waals surface area contributed by atoms with Crippen molar-refractivity contribution >= 4 is 23.3 Å². The SMILES string of the molecule is COc1ccc(CCNC(=O)C2CCN(c3ccc(-c4ccc(Cl)cc4)nn3)CC2)cc1. The second kappa shape index (κ2) is 10.5. The minimum Gasteiger partial charge on any atom is -0.497 e. The molecule has 0 bridgehead atoms. The largest absolute Gasteiger partial charge is 0.497 e. The van der Waals surface area contributed by atoms with Gasteiger partial charge in [0.25, 0.3) is 0 Å². The smallest absolute Gasteiger partial charge is 0.223 e. The van der Waals surface area contributed by atoms with E-state index in [4.69, 9.17) is 16.3 Å². The molecule has 0 unspecified atom stereocenters. The molecule has 2 aromatic carbocycles. The van der Waals surface area contributed by atoms with Gasteiger partial charge in [0.1, 0.15) is 5.75 Å². The summed E-state index contributed by atoms with van der Waals surface area (Å²) in [5, 5.41) is 12.6. The molecule has 7 heteroatoms. The molecule has 0 atom stereocenters. The number of rotatable bonds is 7. The predicted octanol–water partition coefficient (Wildman–Crippen LogP) is 4.38. The summed E-state index contributed by atoms with van der Waals surface area (Å²) in [7, 11) is 1.66. The van der Waals surface area contributed by atoms with Gasteiger partial charge in [-0.2, -0.15) is 0 Å². The lowest BCUT2D eigenvalue weighted by atomic mass is 9.96. The highest BCUT2D eigenvalue weighted by molar-refractivity contribution is 6.30. The van der Waals surface area contributed by atoms with Crippen LogP contribution in [0.3, 0.4) is 0 Å². The molecule has 1 aliphatic rings. The van der Waals surface area contributed by atoms with Gasteiger partial charge >= 0.3 is 0 Å². The van der Waals surface area contributed by atoms with E-state index in [-0.39, 0.29) is 11.8 Å². The van der Waals surface area contributed by atoms with Gasteiger partial charge in [0.15, 0.2) is 5.82 Å². The number of hydrogen-bond acceptors (Lipinski definition) is 5. The maximum atomic E-state index is 12.6. The van der Waals surface area contributed by atoms with E-state index in [1.807, 2.05) is 60.7 Å². The van der Waals surface area contributed by atoms with E-state index in [1.165, 1.54) is 5.56 Å². The first-order valence-electron chi connectivity index (χ1n) is 10.9. The van der Waals surface area contributed by atoms with E-state index in [0.717, 1.165) is 55.2 Å². The van der Waals surface area contributed by atoms with Crippen molar-refractivity contribution in [1.29, 1.82) is 0 Å². The third kappa shape index (κ3) is 5.56. The van der Waals surface area contributed by atoms with Crippen molar-refractivity contribution in [2.75, 3.05) is 31.6 Å². The molecular weight excluding hydrogens is 424 g/mol. The first kappa shape index (κ1) is 22.1. The molecule has 1 aromatic heterocycles. The molecule has 1 fully saturated rings. The fraction of sp³-hybridized carbons (Fsp3) is 0.320. The highest BCUT2D eigenvalue weighted by Crippen LogP contribution is 2.24. The van der Waals surface area contributed by atoms with Crippen molar-refractivity contribution in [3.8, 4) is 17.0 Å². The van der Waals surface area contributed by atoms with Gasteiger partial charge in [0, 0.05) is 36.1 Å². The summed E-state index contributed by atoms with van der Waals surface area (Å²) < 4.78 is 5.18. The van der Waals surface area contributed by atoms with Gasteiger partial charge in [-0.3, -0.25) is 4.79 Å². The first-order valence-corrected chi connectivity index (χ1v) is 11.3. The first-order chi connectivity index (χ1) is 15.6. The lowest BCUT2D eigenvalue weighted by molar-refractivity contribution is -0.125. The van der Waals surface area contributed by atoms with Gasteiger partial charge < -0.3 is 15.0 Å². The number of methoxy groups -OCH3 is 1. The molecule has 3 aromatic rings. The van der Waals surface area contributed by atoms with Crippen LogP contribution < -0.4 is 15.0 Å². The molecular formula is C25H27ClN4O2. The number of halogens is 1. The van der Waals surface area contributed by atoms with E-state index in [2.05, 4.69) is 20.4 Å². The maximum absolute atomic E-state index is 12.6. The molecule has 0 spiro atoms. The number of nitrogens with one attached hydrogen (secondary N) is 1. The Bertz CT molecular complexity index is 1020. The van der Waals surface area contributed by atoms with Crippen LogP contribution in [0.25, 0.3) is 11.3 Å². The number of aromatic nitrogens is 2. The molecule has 4 rings (SSSR count).